The van der Waals surface area contributed by atoms with Crippen LogP contribution in [0, 0.1) is 5.92 Å². The van der Waals surface area contributed by atoms with Gasteiger partial charge < -0.3 is 15.0 Å². The summed E-state index contributed by atoms with van der Waals surface area (Å²) in [5.41, 5.74) is 0.850. The molecule has 0 saturated carbocycles. The first-order valence-corrected chi connectivity index (χ1v) is 9.29. The van der Waals surface area contributed by atoms with E-state index < -0.39 is 0 Å². The lowest BCUT2D eigenvalue weighted by Crippen LogP contribution is -3.14. The minimum atomic E-state index is -0.127. The fourth-order valence-corrected chi connectivity index (χ4v) is 3.50. The summed E-state index contributed by atoms with van der Waals surface area (Å²) >= 11 is 1.61. The maximum Gasteiger partial charge on any atom is 0.314 e. The maximum absolute atomic E-state index is 12.3. The molecule has 23 heavy (non-hydrogen) atoms. The van der Waals surface area contributed by atoms with E-state index in [0.717, 1.165) is 34.9 Å². The molecule has 1 amide bonds. The number of hydrogen-bond acceptors (Lipinski definition) is 4. The van der Waals surface area contributed by atoms with E-state index in [9.17, 15) is 9.59 Å². The molecule has 0 bridgehead atoms. The molecule has 1 heterocycles. The van der Waals surface area contributed by atoms with Crippen molar-refractivity contribution in [1.82, 2.24) is 0 Å². The summed E-state index contributed by atoms with van der Waals surface area (Å²) in [6.45, 7) is 4.22. The molecular weight excluding hydrogens is 312 g/mol. The van der Waals surface area contributed by atoms with Gasteiger partial charge >= 0.3 is 5.97 Å². The van der Waals surface area contributed by atoms with Crippen LogP contribution in [0.2, 0.25) is 0 Å². The predicted octanol–water partition coefficient (Wildman–Crippen LogP) is 1.20. The second-order valence-electron chi connectivity index (χ2n) is 5.72. The first kappa shape index (κ1) is 17.8. The highest BCUT2D eigenvalue weighted by Gasteiger charge is 2.30. The van der Waals surface area contributed by atoms with Gasteiger partial charge in [-0.25, -0.2) is 0 Å². The Bertz CT molecular complexity index is 550. The van der Waals surface area contributed by atoms with Crippen molar-refractivity contribution >= 4 is 29.3 Å². The van der Waals surface area contributed by atoms with E-state index in [1.165, 1.54) is 0 Å². The third-order valence-electron chi connectivity index (χ3n) is 4.03. The lowest BCUT2D eigenvalue weighted by Gasteiger charge is -2.28. The number of ether oxygens (including phenoxy) is 1. The second kappa shape index (κ2) is 8.93. The number of amides is 1. The van der Waals surface area contributed by atoms with E-state index in [2.05, 4.69) is 5.32 Å². The number of likely N-dealkylation sites (tertiary alicyclic amines) is 1. The number of piperidine rings is 1. The number of anilines is 1. The Morgan fingerprint density at radius 1 is 1.39 bits per heavy atom. The largest absolute Gasteiger partial charge is 0.466 e. The Morgan fingerprint density at radius 2 is 2.17 bits per heavy atom. The average Bonchev–Trinajstić information content (AvgIpc) is 2.55. The van der Waals surface area contributed by atoms with E-state index in [-0.39, 0.29) is 17.8 Å². The number of rotatable bonds is 6. The van der Waals surface area contributed by atoms with Gasteiger partial charge in [-0.15, -0.1) is 11.8 Å². The molecule has 0 aromatic heterocycles. The third-order valence-corrected chi connectivity index (χ3v) is 4.83. The first-order chi connectivity index (χ1) is 11.1. The molecule has 6 heteroatoms. The number of para-hydroxylation sites is 1. The minimum Gasteiger partial charge on any atom is -0.466 e. The summed E-state index contributed by atoms with van der Waals surface area (Å²) in [6.07, 6.45) is 3.80. The summed E-state index contributed by atoms with van der Waals surface area (Å²) in [5, 5.41) is 2.98. The molecule has 1 unspecified atom stereocenters. The molecule has 1 aromatic rings. The molecule has 2 N–H and O–H groups in total. The van der Waals surface area contributed by atoms with Gasteiger partial charge in [-0.1, -0.05) is 12.1 Å². The highest BCUT2D eigenvalue weighted by atomic mass is 32.2. The molecule has 5 nitrogen and oxygen atoms in total. The number of quaternary nitrogens is 1. The molecule has 2 atom stereocenters. The molecule has 1 aliphatic rings. The van der Waals surface area contributed by atoms with Gasteiger partial charge in [0.05, 0.1) is 25.4 Å². The van der Waals surface area contributed by atoms with Crippen molar-refractivity contribution in [3.8, 4) is 0 Å². The summed E-state index contributed by atoms with van der Waals surface area (Å²) in [4.78, 5) is 26.4. The van der Waals surface area contributed by atoms with Crippen LogP contribution in [0.15, 0.2) is 29.2 Å². The monoisotopic (exact) mass is 337 g/mol. The zero-order valence-corrected chi connectivity index (χ0v) is 14.6. The smallest absolute Gasteiger partial charge is 0.314 e. The Morgan fingerprint density at radius 3 is 2.91 bits per heavy atom. The summed E-state index contributed by atoms with van der Waals surface area (Å²) < 4.78 is 5.11. The number of esters is 1. The number of hydrogen-bond donors (Lipinski definition) is 2. The molecular formula is C17H25N2O3S+. The van der Waals surface area contributed by atoms with Crippen LogP contribution in [-0.4, -0.2) is 44.4 Å². The van der Waals surface area contributed by atoms with Crippen LogP contribution in [0.5, 0.6) is 0 Å². The zero-order valence-electron chi connectivity index (χ0n) is 13.8. The van der Waals surface area contributed by atoms with E-state index in [1.54, 1.807) is 11.8 Å². The molecule has 1 fully saturated rings. The van der Waals surface area contributed by atoms with Gasteiger partial charge in [0.1, 0.15) is 5.92 Å². The van der Waals surface area contributed by atoms with Crippen molar-refractivity contribution in [1.29, 1.82) is 0 Å². The van der Waals surface area contributed by atoms with Crippen molar-refractivity contribution in [2.75, 3.05) is 37.8 Å². The Balaban J connectivity index is 1.88. The minimum absolute atomic E-state index is 0.00833. The van der Waals surface area contributed by atoms with Crippen molar-refractivity contribution < 1.29 is 19.2 Å². The van der Waals surface area contributed by atoms with Gasteiger partial charge in [-0.05, 0) is 38.2 Å². The van der Waals surface area contributed by atoms with Gasteiger partial charge in [0.25, 0.3) is 5.91 Å². The van der Waals surface area contributed by atoms with Gasteiger partial charge in [0, 0.05) is 4.90 Å². The van der Waals surface area contributed by atoms with Crippen LogP contribution < -0.4 is 10.2 Å². The van der Waals surface area contributed by atoms with Gasteiger partial charge in [0.2, 0.25) is 0 Å². The van der Waals surface area contributed by atoms with Crippen molar-refractivity contribution in [2.45, 2.75) is 24.7 Å². The van der Waals surface area contributed by atoms with Gasteiger partial charge in [0.15, 0.2) is 6.54 Å². The standard InChI is InChI=1S/C17H24N2O3S/c1-3-22-17(21)13-7-6-10-19(11-13)12-16(20)18-14-8-4-5-9-15(14)23-2/h4-5,8-9,13H,3,6-7,10-12H2,1-2H3,(H,18,20)/p+1/t13-/m0/s1. The Hall–Kier alpha value is -1.53. The summed E-state index contributed by atoms with van der Waals surface area (Å²) in [7, 11) is 0. The van der Waals surface area contributed by atoms with Gasteiger partial charge in [-0.3, -0.25) is 9.59 Å². The number of carbonyl (C=O) groups is 2. The van der Waals surface area contributed by atoms with Crippen LogP contribution in [0.4, 0.5) is 5.69 Å². The second-order valence-corrected chi connectivity index (χ2v) is 6.57. The van der Waals surface area contributed by atoms with Crippen molar-refractivity contribution in [3.05, 3.63) is 24.3 Å². The lowest BCUT2D eigenvalue weighted by atomic mass is 9.98. The normalized spacial score (nSPS) is 20.8. The number of nitrogens with one attached hydrogen (secondary N) is 2. The molecule has 1 saturated heterocycles. The van der Waals surface area contributed by atoms with Crippen LogP contribution in [0.1, 0.15) is 19.8 Å². The molecule has 1 aliphatic heterocycles. The fraction of sp³-hybridized carbons (Fsp3) is 0.529. The zero-order chi connectivity index (χ0) is 16.7. The Labute approximate surface area is 141 Å². The van der Waals surface area contributed by atoms with E-state index in [1.807, 2.05) is 37.4 Å². The van der Waals surface area contributed by atoms with Crippen LogP contribution >= 0.6 is 11.8 Å². The van der Waals surface area contributed by atoms with Crippen LogP contribution in [-0.2, 0) is 14.3 Å². The predicted molar refractivity (Wildman–Crippen MR) is 91.8 cm³/mol. The topological polar surface area (TPSA) is 59.8 Å². The summed E-state index contributed by atoms with van der Waals surface area (Å²) in [5.74, 6) is -0.214. The SMILES string of the molecule is CCOC(=O)[C@H]1CCC[NH+](CC(=O)Nc2ccccc2SC)C1. The van der Waals surface area contributed by atoms with E-state index in [0.29, 0.717) is 19.7 Å². The number of thioether (sulfide) groups is 1. The molecule has 0 radical (unpaired) electrons. The van der Waals surface area contributed by atoms with E-state index >= 15 is 0 Å². The molecule has 0 spiro atoms. The fourth-order valence-electron chi connectivity index (χ4n) is 2.94. The lowest BCUT2D eigenvalue weighted by molar-refractivity contribution is -0.899. The van der Waals surface area contributed by atoms with E-state index in [4.69, 9.17) is 4.74 Å². The first-order valence-electron chi connectivity index (χ1n) is 8.07. The molecule has 126 valence electrons. The van der Waals surface area contributed by atoms with Crippen molar-refractivity contribution in [2.24, 2.45) is 5.92 Å². The molecule has 0 aliphatic carbocycles. The van der Waals surface area contributed by atoms with Crippen molar-refractivity contribution in [3.63, 3.8) is 0 Å². The highest BCUT2D eigenvalue weighted by Crippen LogP contribution is 2.24. The molecule has 1 aromatic carbocycles. The number of carbonyl (C=O) groups excluding carboxylic acids is 2. The molecule has 2 rings (SSSR count). The Kier molecular flexibility index (Phi) is 6.92. The van der Waals surface area contributed by atoms with Crippen LogP contribution in [0.3, 0.4) is 0 Å². The highest BCUT2D eigenvalue weighted by molar-refractivity contribution is 7.98. The summed E-state index contributed by atoms with van der Waals surface area (Å²) in [6, 6.07) is 7.78. The maximum atomic E-state index is 12.3. The average molecular weight is 337 g/mol. The number of benzene rings is 1. The quantitative estimate of drug-likeness (QED) is 0.605. The third kappa shape index (κ3) is 5.25. The van der Waals surface area contributed by atoms with Crippen LogP contribution in [0.25, 0.3) is 0 Å². The van der Waals surface area contributed by atoms with Gasteiger partial charge in [-0.2, -0.15) is 0 Å².